The molecule has 1 N–H and O–H groups in total. The van der Waals surface area contributed by atoms with Crippen molar-refractivity contribution in [1.29, 1.82) is 0 Å². The van der Waals surface area contributed by atoms with Gasteiger partial charge < -0.3 is 14.6 Å². The standard InChI is InChI=1S/C12H17BrN2O2S/c1-14-6-9(13)5-10(14)7-15(2)11(16)12(17)3-4-18-8-12/h5-6,17H,3-4,7-8H2,1-2H3. The normalized spacial score (nSPS) is 23.3. The van der Waals surface area contributed by atoms with Gasteiger partial charge in [0.2, 0.25) is 0 Å². The summed E-state index contributed by atoms with van der Waals surface area (Å²) in [7, 11) is 3.68. The maximum atomic E-state index is 12.2. The maximum absolute atomic E-state index is 12.2. The fourth-order valence-corrected chi connectivity index (χ4v) is 3.92. The van der Waals surface area contributed by atoms with Gasteiger partial charge in [-0.15, -0.1) is 0 Å². The molecule has 1 fully saturated rings. The summed E-state index contributed by atoms with van der Waals surface area (Å²) in [6, 6.07) is 1.98. The molecule has 0 radical (unpaired) electrons. The minimum absolute atomic E-state index is 0.176. The molecule has 0 aromatic carbocycles. The SMILES string of the molecule is CN(Cc1cc(Br)cn1C)C(=O)C1(O)CCSC1. The predicted octanol–water partition coefficient (Wildman–Crippen LogP) is 1.61. The van der Waals surface area contributed by atoms with E-state index in [-0.39, 0.29) is 5.91 Å². The molecule has 0 bridgehead atoms. The van der Waals surface area contributed by atoms with E-state index in [4.69, 9.17) is 0 Å². The van der Waals surface area contributed by atoms with Crippen molar-refractivity contribution in [1.82, 2.24) is 9.47 Å². The van der Waals surface area contributed by atoms with E-state index in [1.165, 1.54) is 0 Å². The number of thioether (sulfide) groups is 1. The van der Waals surface area contributed by atoms with Crippen molar-refractivity contribution in [2.75, 3.05) is 18.6 Å². The van der Waals surface area contributed by atoms with E-state index in [0.29, 0.717) is 18.7 Å². The number of rotatable bonds is 3. The number of carbonyl (C=O) groups excluding carboxylic acids is 1. The van der Waals surface area contributed by atoms with Gasteiger partial charge in [0.25, 0.3) is 5.91 Å². The molecular weight excluding hydrogens is 316 g/mol. The second-order valence-electron chi connectivity index (χ2n) is 4.76. The second-order valence-corrected chi connectivity index (χ2v) is 6.78. The summed E-state index contributed by atoms with van der Waals surface area (Å²) in [5.74, 6) is 1.18. The van der Waals surface area contributed by atoms with Gasteiger partial charge in [-0.2, -0.15) is 11.8 Å². The first-order valence-corrected chi connectivity index (χ1v) is 7.73. The topological polar surface area (TPSA) is 45.5 Å². The van der Waals surface area contributed by atoms with Crippen molar-refractivity contribution in [2.24, 2.45) is 7.05 Å². The smallest absolute Gasteiger partial charge is 0.255 e. The van der Waals surface area contributed by atoms with E-state index in [1.807, 2.05) is 23.9 Å². The lowest BCUT2D eigenvalue weighted by atomic mass is 10.0. The van der Waals surface area contributed by atoms with Gasteiger partial charge in [-0.1, -0.05) is 0 Å². The number of halogens is 1. The van der Waals surface area contributed by atoms with Crippen LogP contribution in [0.4, 0.5) is 0 Å². The zero-order valence-corrected chi connectivity index (χ0v) is 12.9. The average molecular weight is 333 g/mol. The Kier molecular flexibility index (Phi) is 4.08. The average Bonchev–Trinajstić information content (AvgIpc) is 2.86. The van der Waals surface area contributed by atoms with Crippen LogP contribution in [0, 0.1) is 0 Å². The van der Waals surface area contributed by atoms with Crippen molar-refractivity contribution in [2.45, 2.75) is 18.6 Å². The van der Waals surface area contributed by atoms with E-state index >= 15 is 0 Å². The van der Waals surface area contributed by atoms with Crippen molar-refractivity contribution in [3.8, 4) is 0 Å². The van der Waals surface area contributed by atoms with Crippen LogP contribution in [0.25, 0.3) is 0 Å². The maximum Gasteiger partial charge on any atom is 0.255 e. The zero-order chi connectivity index (χ0) is 13.3. The molecule has 1 aliphatic heterocycles. The molecule has 6 heteroatoms. The highest BCUT2D eigenvalue weighted by atomic mass is 79.9. The third-order valence-corrected chi connectivity index (χ3v) is 4.83. The summed E-state index contributed by atoms with van der Waals surface area (Å²) in [4.78, 5) is 13.8. The van der Waals surface area contributed by atoms with E-state index in [9.17, 15) is 9.90 Å². The molecule has 1 unspecified atom stereocenters. The molecule has 4 nitrogen and oxygen atoms in total. The number of aryl methyl sites for hydroxylation is 1. The van der Waals surface area contributed by atoms with Gasteiger partial charge in [-0.25, -0.2) is 0 Å². The van der Waals surface area contributed by atoms with Gasteiger partial charge in [-0.05, 0) is 34.2 Å². The number of amides is 1. The molecule has 1 aromatic heterocycles. The third-order valence-electron chi connectivity index (χ3n) is 3.22. The molecule has 1 aliphatic rings. The molecular formula is C12H17BrN2O2S. The Morgan fingerprint density at radius 1 is 1.72 bits per heavy atom. The number of aromatic nitrogens is 1. The lowest BCUT2D eigenvalue weighted by Crippen LogP contribution is -2.47. The first-order chi connectivity index (χ1) is 8.42. The van der Waals surface area contributed by atoms with Crippen LogP contribution < -0.4 is 0 Å². The van der Waals surface area contributed by atoms with Gasteiger partial charge >= 0.3 is 0 Å². The quantitative estimate of drug-likeness (QED) is 0.914. The van der Waals surface area contributed by atoms with Crippen molar-refractivity contribution >= 4 is 33.6 Å². The summed E-state index contributed by atoms with van der Waals surface area (Å²) < 4.78 is 2.97. The summed E-state index contributed by atoms with van der Waals surface area (Å²) in [6.45, 7) is 0.508. The molecule has 1 atom stereocenters. The van der Waals surface area contributed by atoms with Gasteiger partial charge in [-0.3, -0.25) is 4.79 Å². The van der Waals surface area contributed by atoms with E-state index in [2.05, 4.69) is 15.9 Å². The van der Waals surface area contributed by atoms with Crippen LogP contribution in [0.1, 0.15) is 12.1 Å². The first-order valence-electron chi connectivity index (χ1n) is 5.79. The lowest BCUT2D eigenvalue weighted by Gasteiger charge is -2.27. The van der Waals surface area contributed by atoms with Crippen molar-refractivity contribution in [3.05, 3.63) is 22.4 Å². The number of likely N-dealkylation sites (N-methyl/N-ethyl adjacent to an activating group) is 1. The van der Waals surface area contributed by atoms with Crippen LogP contribution in [-0.2, 0) is 18.4 Å². The zero-order valence-electron chi connectivity index (χ0n) is 10.5. The molecule has 2 heterocycles. The van der Waals surface area contributed by atoms with Crippen molar-refractivity contribution < 1.29 is 9.90 Å². The molecule has 2 rings (SSSR count). The van der Waals surface area contributed by atoms with Crippen LogP contribution in [-0.4, -0.2) is 44.6 Å². The van der Waals surface area contributed by atoms with Gasteiger partial charge in [0.15, 0.2) is 5.60 Å². The van der Waals surface area contributed by atoms with Crippen LogP contribution in [0.3, 0.4) is 0 Å². The fourth-order valence-electron chi connectivity index (χ4n) is 2.12. The van der Waals surface area contributed by atoms with Crippen LogP contribution >= 0.6 is 27.7 Å². The number of nitrogens with zero attached hydrogens (tertiary/aromatic N) is 2. The second kappa shape index (κ2) is 5.27. The summed E-state index contributed by atoms with van der Waals surface area (Å²) >= 11 is 5.04. The van der Waals surface area contributed by atoms with E-state index < -0.39 is 5.60 Å². The Hall–Kier alpha value is -0.460. The minimum Gasteiger partial charge on any atom is -0.379 e. The molecule has 0 saturated carbocycles. The number of hydrogen-bond donors (Lipinski definition) is 1. The Morgan fingerprint density at radius 3 is 2.94 bits per heavy atom. The minimum atomic E-state index is -1.16. The van der Waals surface area contributed by atoms with Crippen LogP contribution in [0.15, 0.2) is 16.7 Å². The van der Waals surface area contributed by atoms with Gasteiger partial charge in [0.1, 0.15) is 0 Å². The summed E-state index contributed by atoms with van der Waals surface area (Å²) in [5.41, 5.74) is -0.131. The number of aliphatic hydroxyl groups is 1. The Morgan fingerprint density at radius 2 is 2.44 bits per heavy atom. The van der Waals surface area contributed by atoms with E-state index in [0.717, 1.165) is 15.9 Å². The molecule has 1 saturated heterocycles. The molecule has 0 spiro atoms. The van der Waals surface area contributed by atoms with Crippen molar-refractivity contribution in [3.63, 3.8) is 0 Å². The largest absolute Gasteiger partial charge is 0.379 e. The molecule has 1 aromatic rings. The van der Waals surface area contributed by atoms with Gasteiger partial charge in [0.05, 0.1) is 6.54 Å². The first kappa shape index (κ1) is 14.0. The lowest BCUT2D eigenvalue weighted by molar-refractivity contribution is -0.147. The predicted molar refractivity (Wildman–Crippen MR) is 76.5 cm³/mol. The highest BCUT2D eigenvalue weighted by molar-refractivity contribution is 9.10. The Balaban J connectivity index is 2.05. The molecule has 0 aliphatic carbocycles. The highest BCUT2D eigenvalue weighted by Crippen LogP contribution is 2.29. The molecule has 100 valence electrons. The van der Waals surface area contributed by atoms with Crippen LogP contribution in [0.5, 0.6) is 0 Å². The third kappa shape index (κ3) is 2.75. The van der Waals surface area contributed by atoms with Crippen LogP contribution in [0.2, 0.25) is 0 Å². The Labute approximate surface area is 119 Å². The summed E-state index contributed by atoms with van der Waals surface area (Å²) in [5, 5.41) is 10.3. The van der Waals surface area contributed by atoms with E-state index in [1.54, 1.807) is 23.7 Å². The summed E-state index contributed by atoms with van der Waals surface area (Å²) in [6.07, 6.45) is 2.51. The van der Waals surface area contributed by atoms with Gasteiger partial charge in [0, 0.05) is 36.2 Å². The molecule has 1 amide bonds. The number of hydrogen-bond acceptors (Lipinski definition) is 3. The Bertz CT molecular complexity index is 455. The monoisotopic (exact) mass is 332 g/mol. The fraction of sp³-hybridized carbons (Fsp3) is 0.583. The molecule has 18 heavy (non-hydrogen) atoms. The number of carbonyl (C=O) groups is 1. The highest BCUT2D eigenvalue weighted by Gasteiger charge is 2.41.